The molecule has 1 heterocycles. The summed E-state index contributed by atoms with van der Waals surface area (Å²) in [6, 6.07) is 7.65. The molecule has 0 radical (unpaired) electrons. The van der Waals surface area contributed by atoms with Crippen molar-refractivity contribution in [2.24, 2.45) is 0 Å². The summed E-state index contributed by atoms with van der Waals surface area (Å²) >= 11 is 0. The number of methoxy groups -OCH3 is 1. The van der Waals surface area contributed by atoms with E-state index in [1.165, 1.54) is 38.9 Å². The highest BCUT2D eigenvalue weighted by Crippen LogP contribution is 2.11. The van der Waals surface area contributed by atoms with Crippen molar-refractivity contribution in [1.82, 2.24) is 10.2 Å². The fourth-order valence-corrected chi connectivity index (χ4v) is 2.69. The molecule has 1 aromatic carbocycles. The zero-order chi connectivity index (χ0) is 14.9. The molecule has 116 valence electrons. The molecule has 21 heavy (non-hydrogen) atoms. The summed E-state index contributed by atoms with van der Waals surface area (Å²) in [5.41, 5.74) is 1.02. The maximum atomic E-state index is 11.8. The average Bonchev–Trinajstić information content (AvgIpc) is 3.01. The monoisotopic (exact) mass is 290 g/mol. The Morgan fingerprint density at radius 1 is 1.19 bits per heavy atom. The summed E-state index contributed by atoms with van der Waals surface area (Å²) < 4.78 is 5.10. The molecule has 4 nitrogen and oxygen atoms in total. The van der Waals surface area contributed by atoms with Gasteiger partial charge in [0.1, 0.15) is 5.75 Å². The van der Waals surface area contributed by atoms with E-state index in [4.69, 9.17) is 4.74 Å². The van der Waals surface area contributed by atoms with Gasteiger partial charge in [-0.15, -0.1) is 0 Å². The number of ether oxygens (including phenoxy) is 1. The lowest BCUT2D eigenvalue weighted by Crippen LogP contribution is -2.27. The van der Waals surface area contributed by atoms with Crippen molar-refractivity contribution in [1.29, 1.82) is 0 Å². The number of rotatable bonds is 8. The van der Waals surface area contributed by atoms with E-state index in [2.05, 4.69) is 10.2 Å². The molecule has 0 unspecified atom stereocenters. The van der Waals surface area contributed by atoms with E-state index in [-0.39, 0.29) is 5.91 Å². The van der Waals surface area contributed by atoms with Crippen LogP contribution in [0.1, 0.15) is 31.2 Å². The number of nitrogens with one attached hydrogen (secondary N) is 1. The number of unbranched alkanes of at least 4 members (excludes halogenated alkanes) is 1. The summed E-state index contributed by atoms with van der Waals surface area (Å²) in [5, 5.41) is 3.00. The van der Waals surface area contributed by atoms with Crippen LogP contribution in [0.3, 0.4) is 0 Å². The molecular formula is C17H26N2O2. The van der Waals surface area contributed by atoms with Gasteiger partial charge in [0, 0.05) is 6.54 Å². The Bertz CT molecular complexity index is 425. The zero-order valence-corrected chi connectivity index (χ0v) is 12.9. The first kappa shape index (κ1) is 15.8. The van der Waals surface area contributed by atoms with Crippen LogP contribution in [0.4, 0.5) is 0 Å². The second-order valence-electron chi connectivity index (χ2n) is 5.63. The highest BCUT2D eigenvalue weighted by atomic mass is 16.5. The summed E-state index contributed by atoms with van der Waals surface area (Å²) in [6.07, 6.45) is 5.36. The van der Waals surface area contributed by atoms with Gasteiger partial charge in [-0.25, -0.2) is 0 Å². The number of benzene rings is 1. The van der Waals surface area contributed by atoms with Gasteiger partial charge in [0.05, 0.1) is 13.5 Å². The number of amides is 1. The molecule has 0 aromatic heterocycles. The molecule has 1 fully saturated rings. The number of carbonyl (C=O) groups is 1. The van der Waals surface area contributed by atoms with Crippen LogP contribution in [0.2, 0.25) is 0 Å². The lowest BCUT2D eigenvalue weighted by molar-refractivity contribution is -0.120. The molecule has 2 rings (SSSR count). The molecule has 1 aliphatic rings. The molecule has 0 atom stereocenters. The fraction of sp³-hybridized carbons (Fsp3) is 0.588. The van der Waals surface area contributed by atoms with E-state index in [1.807, 2.05) is 24.3 Å². The van der Waals surface area contributed by atoms with Gasteiger partial charge in [0.2, 0.25) is 5.91 Å². The SMILES string of the molecule is COc1ccc(CC(=O)NCCCCN2CCCC2)cc1. The van der Waals surface area contributed by atoms with Gasteiger partial charge < -0.3 is 15.0 Å². The van der Waals surface area contributed by atoms with Crippen molar-refractivity contribution in [3.63, 3.8) is 0 Å². The van der Waals surface area contributed by atoms with Gasteiger partial charge in [-0.3, -0.25) is 4.79 Å². The van der Waals surface area contributed by atoms with Crippen LogP contribution in [-0.4, -0.2) is 44.1 Å². The first-order chi connectivity index (χ1) is 10.3. The summed E-state index contributed by atoms with van der Waals surface area (Å²) in [4.78, 5) is 14.3. The van der Waals surface area contributed by atoms with Gasteiger partial charge >= 0.3 is 0 Å². The minimum absolute atomic E-state index is 0.0985. The van der Waals surface area contributed by atoms with Crippen LogP contribution in [0.25, 0.3) is 0 Å². The number of nitrogens with zero attached hydrogens (tertiary/aromatic N) is 1. The van der Waals surface area contributed by atoms with E-state index in [1.54, 1.807) is 7.11 Å². The maximum Gasteiger partial charge on any atom is 0.224 e. The minimum atomic E-state index is 0.0985. The number of hydrogen-bond donors (Lipinski definition) is 1. The molecule has 4 heteroatoms. The molecule has 0 spiro atoms. The number of hydrogen-bond acceptors (Lipinski definition) is 3. The van der Waals surface area contributed by atoms with Crippen molar-refractivity contribution in [3.05, 3.63) is 29.8 Å². The van der Waals surface area contributed by atoms with E-state index in [0.29, 0.717) is 6.42 Å². The van der Waals surface area contributed by atoms with Crippen LogP contribution < -0.4 is 10.1 Å². The molecule has 1 amide bonds. The molecule has 0 aliphatic carbocycles. The lowest BCUT2D eigenvalue weighted by Gasteiger charge is -2.14. The van der Waals surface area contributed by atoms with Crippen LogP contribution in [0, 0.1) is 0 Å². The summed E-state index contributed by atoms with van der Waals surface area (Å²) in [7, 11) is 1.64. The summed E-state index contributed by atoms with van der Waals surface area (Å²) in [5.74, 6) is 0.919. The average molecular weight is 290 g/mol. The standard InChI is InChI=1S/C17H26N2O2/c1-21-16-8-6-15(7-9-16)14-17(20)18-10-2-3-11-19-12-4-5-13-19/h6-9H,2-5,10-14H2,1H3,(H,18,20). The highest BCUT2D eigenvalue weighted by molar-refractivity contribution is 5.78. The largest absolute Gasteiger partial charge is 0.497 e. The zero-order valence-electron chi connectivity index (χ0n) is 12.9. The van der Waals surface area contributed by atoms with Crippen molar-refractivity contribution in [3.8, 4) is 5.75 Å². The van der Waals surface area contributed by atoms with E-state index < -0.39 is 0 Å². The summed E-state index contributed by atoms with van der Waals surface area (Å²) in [6.45, 7) is 4.46. The predicted octanol–water partition coefficient (Wildman–Crippen LogP) is 2.23. The normalized spacial score (nSPS) is 15.1. The predicted molar refractivity (Wildman–Crippen MR) is 84.6 cm³/mol. The second-order valence-corrected chi connectivity index (χ2v) is 5.63. The van der Waals surface area contributed by atoms with Gasteiger partial charge in [0.15, 0.2) is 0 Å². The molecule has 1 aromatic rings. The molecular weight excluding hydrogens is 264 g/mol. The molecule has 0 bridgehead atoms. The van der Waals surface area contributed by atoms with Crippen LogP contribution in [0.15, 0.2) is 24.3 Å². The Kier molecular flexibility index (Phi) is 6.54. The molecule has 1 saturated heterocycles. The topological polar surface area (TPSA) is 41.6 Å². The Morgan fingerprint density at radius 3 is 2.57 bits per heavy atom. The van der Waals surface area contributed by atoms with Crippen LogP contribution in [-0.2, 0) is 11.2 Å². The molecule has 1 N–H and O–H groups in total. The third-order valence-corrected chi connectivity index (χ3v) is 3.95. The Labute approximate surface area is 127 Å². The van der Waals surface area contributed by atoms with Crippen LogP contribution in [0.5, 0.6) is 5.75 Å². The minimum Gasteiger partial charge on any atom is -0.497 e. The first-order valence-corrected chi connectivity index (χ1v) is 7.90. The number of carbonyl (C=O) groups excluding carboxylic acids is 1. The quantitative estimate of drug-likeness (QED) is 0.747. The van der Waals surface area contributed by atoms with E-state index in [9.17, 15) is 4.79 Å². The highest BCUT2D eigenvalue weighted by Gasteiger charge is 2.10. The van der Waals surface area contributed by atoms with Gasteiger partial charge in [-0.2, -0.15) is 0 Å². The lowest BCUT2D eigenvalue weighted by atomic mass is 10.1. The third-order valence-electron chi connectivity index (χ3n) is 3.95. The van der Waals surface area contributed by atoms with Crippen molar-refractivity contribution in [2.45, 2.75) is 32.1 Å². The van der Waals surface area contributed by atoms with Gasteiger partial charge in [0.25, 0.3) is 0 Å². The smallest absolute Gasteiger partial charge is 0.224 e. The van der Waals surface area contributed by atoms with Gasteiger partial charge in [-0.05, 0) is 63.0 Å². The van der Waals surface area contributed by atoms with Crippen LogP contribution >= 0.6 is 0 Å². The maximum absolute atomic E-state index is 11.8. The van der Waals surface area contributed by atoms with Crippen molar-refractivity contribution < 1.29 is 9.53 Å². The Morgan fingerprint density at radius 2 is 1.90 bits per heavy atom. The second kappa shape index (κ2) is 8.67. The van der Waals surface area contributed by atoms with E-state index >= 15 is 0 Å². The molecule has 1 aliphatic heterocycles. The first-order valence-electron chi connectivity index (χ1n) is 7.90. The van der Waals surface area contributed by atoms with Crippen molar-refractivity contribution >= 4 is 5.91 Å². The van der Waals surface area contributed by atoms with Crippen molar-refractivity contribution in [2.75, 3.05) is 33.3 Å². The Hall–Kier alpha value is -1.55. The Balaban J connectivity index is 1.56. The number of likely N-dealkylation sites (tertiary alicyclic amines) is 1. The third kappa shape index (κ3) is 5.76. The van der Waals surface area contributed by atoms with E-state index in [0.717, 1.165) is 24.3 Å². The fourth-order valence-electron chi connectivity index (χ4n) is 2.69. The molecule has 0 saturated carbocycles. The van der Waals surface area contributed by atoms with Gasteiger partial charge in [-0.1, -0.05) is 12.1 Å².